The van der Waals surface area contributed by atoms with Gasteiger partial charge in [-0.2, -0.15) is 0 Å². The summed E-state index contributed by atoms with van der Waals surface area (Å²) in [5, 5.41) is 8.72. The molecule has 1 unspecified atom stereocenters. The van der Waals surface area contributed by atoms with Gasteiger partial charge in [0.25, 0.3) is 0 Å². The molecule has 86 valence electrons. The standard InChI is InChI=1S/C9H17N3O3/c10-4-1-2-6(11)8(13)7-3-5-12(7)9(14)15/h6-7H,1-5,10-11H2,(H,14,15)/t6-,7?/m0/s1. The number of likely N-dealkylation sites (tertiary alicyclic amines) is 1. The topological polar surface area (TPSA) is 110 Å². The molecule has 0 bridgehead atoms. The maximum Gasteiger partial charge on any atom is 0.407 e. The fraction of sp³-hybridized carbons (Fsp3) is 0.778. The smallest absolute Gasteiger partial charge is 0.407 e. The van der Waals surface area contributed by atoms with E-state index in [1.54, 1.807) is 0 Å². The van der Waals surface area contributed by atoms with Gasteiger partial charge in [0.05, 0.1) is 12.1 Å². The molecular weight excluding hydrogens is 198 g/mol. The Bertz CT molecular complexity index is 257. The number of carbonyl (C=O) groups excluding carboxylic acids is 1. The van der Waals surface area contributed by atoms with Crippen LogP contribution in [0.25, 0.3) is 0 Å². The van der Waals surface area contributed by atoms with Gasteiger partial charge < -0.3 is 16.6 Å². The summed E-state index contributed by atoms with van der Waals surface area (Å²) in [7, 11) is 0. The molecule has 1 heterocycles. The van der Waals surface area contributed by atoms with Crippen LogP contribution in [0.15, 0.2) is 0 Å². The summed E-state index contributed by atoms with van der Waals surface area (Å²) in [6.07, 6.45) is 0.749. The summed E-state index contributed by atoms with van der Waals surface area (Å²) >= 11 is 0. The summed E-state index contributed by atoms with van der Waals surface area (Å²) < 4.78 is 0. The first-order valence-corrected chi connectivity index (χ1v) is 5.07. The number of nitrogens with two attached hydrogens (primary N) is 2. The molecule has 0 saturated carbocycles. The van der Waals surface area contributed by atoms with Crippen molar-refractivity contribution in [2.45, 2.75) is 31.3 Å². The van der Waals surface area contributed by atoms with E-state index in [2.05, 4.69) is 0 Å². The summed E-state index contributed by atoms with van der Waals surface area (Å²) in [6.45, 7) is 0.920. The number of carboxylic acid groups (broad SMARTS) is 1. The van der Waals surface area contributed by atoms with Crippen molar-refractivity contribution < 1.29 is 14.7 Å². The average Bonchev–Trinajstić information content (AvgIpc) is 2.11. The average molecular weight is 215 g/mol. The van der Waals surface area contributed by atoms with Gasteiger partial charge in [-0.1, -0.05) is 0 Å². The first-order valence-electron chi connectivity index (χ1n) is 5.07. The molecule has 6 nitrogen and oxygen atoms in total. The fourth-order valence-electron chi connectivity index (χ4n) is 1.64. The molecule has 1 aliphatic rings. The van der Waals surface area contributed by atoms with Crippen molar-refractivity contribution in [3.8, 4) is 0 Å². The van der Waals surface area contributed by atoms with E-state index in [0.717, 1.165) is 4.90 Å². The molecule has 1 rings (SSSR count). The molecule has 1 fully saturated rings. The van der Waals surface area contributed by atoms with Crippen LogP contribution in [-0.4, -0.2) is 47.1 Å². The number of nitrogens with zero attached hydrogens (tertiary/aromatic N) is 1. The quantitative estimate of drug-likeness (QED) is 0.566. The van der Waals surface area contributed by atoms with E-state index in [4.69, 9.17) is 16.6 Å². The van der Waals surface area contributed by atoms with Crippen molar-refractivity contribution in [3.63, 3.8) is 0 Å². The lowest BCUT2D eigenvalue weighted by molar-refractivity contribution is -0.128. The molecule has 2 atom stereocenters. The zero-order valence-corrected chi connectivity index (χ0v) is 8.56. The minimum atomic E-state index is -1.05. The van der Waals surface area contributed by atoms with Crippen LogP contribution < -0.4 is 11.5 Å². The molecule has 0 aromatic heterocycles. The molecule has 5 N–H and O–H groups in total. The second-order valence-corrected chi connectivity index (χ2v) is 3.72. The third kappa shape index (κ3) is 2.66. The Kier molecular flexibility index (Phi) is 4.05. The number of Topliss-reactive ketones (excluding diaryl/α,β-unsaturated/α-hetero) is 1. The van der Waals surface area contributed by atoms with Gasteiger partial charge in [0.1, 0.15) is 0 Å². The lowest BCUT2D eigenvalue weighted by atomic mass is 9.93. The first kappa shape index (κ1) is 11.9. The van der Waals surface area contributed by atoms with Gasteiger partial charge in [-0.25, -0.2) is 4.79 Å². The minimum absolute atomic E-state index is 0.183. The van der Waals surface area contributed by atoms with E-state index in [-0.39, 0.29) is 5.78 Å². The highest BCUT2D eigenvalue weighted by Gasteiger charge is 2.39. The van der Waals surface area contributed by atoms with E-state index in [1.165, 1.54) is 0 Å². The van der Waals surface area contributed by atoms with Crippen LogP contribution in [0.4, 0.5) is 4.79 Å². The Morgan fingerprint density at radius 2 is 2.20 bits per heavy atom. The van der Waals surface area contributed by atoms with Gasteiger partial charge in [0.15, 0.2) is 5.78 Å². The predicted molar refractivity (Wildman–Crippen MR) is 54.4 cm³/mol. The van der Waals surface area contributed by atoms with Crippen LogP contribution in [0, 0.1) is 0 Å². The van der Waals surface area contributed by atoms with E-state index < -0.39 is 18.2 Å². The highest BCUT2D eigenvalue weighted by molar-refractivity contribution is 5.92. The highest BCUT2D eigenvalue weighted by atomic mass is 16.4. The van der Waals surface area contributed by atoms with Crippen molar-refractivity contribution in [3.05, 3.63) is 0 Å². The zero-order valence-electron chi connectivity index (χ0n) is 8.56. The molecule has 0 aliphatic carbocycles. The van der Waals surface area contributed by atoms with Crippen LogP contribution in [0.2, 0.25) is 0 Å². The van der Waals surface area contributed by atoms with Crippen LogP contribution >= 0.6 is 0 Å². The molecule has 0 spiro atoms. The molecular formula is C9H17N3O3. The Hall–Kier alpha value is -1.14. The molecule has 1 aliphatic heterocycles. The van der Waals surface area contributed by atoms with Crippen LogP contribution in [0.5, 0.6) is 0 Å². The van der Waals surface area contributed by atoms with E-state index in [1.807, 2.05) is 0 Å². The van der Waals surface area contributed by atoms with Gasteiger partial charge >= 0.3 is 6.09 Å². The summed E-state index contributed by atoms with van der Waals surface area (Å²) in [5.74, 6) is -0.183. The lowest BCUT2D eigenvalue weighted by Gasteiger charge is -2.38. The number of hydrogen-bond acceptors (Lipinski definition) is 4. The van der Waals surface area contributed by atoms with Crippen LogP contribution in [0.1, 0.15) is 19.3 Å². The second-order valence-electron chi connectivity index (χ2n) is 3.72. The van der Waals surface area contributed by atoms with E-state index >= 15 is 0 Å². The molecule has 1 saturated heterocycles. The highest BCUT2D eigenvalue weighted by Crippen LogP contribution is 2.19. The first-order chi connectivity index (χ1) is 7.07. The summed E-state index contributed by atoms with van der Waals surface area (Å²) in [6, 6.07) is -1.11. The SMILES string of the molecule is NCCC[C@H](N)C(=O)C1CCN1C(=O)O. The lowest BCUT2D eigenvalue weighted by Crippen LogP contribution is -2.58. The Balaban J connectivity index is 2.43. The van der Waals surface area contributed by atoms with Crippen molar-refractivity contribution in [1.29, 1.82) is 0 Å². The monoisotopic (exact) mass is 215 g/mol. The summed E-state index contributed by atoms with van der Waals surface area (Å²) in [5.41, 5.74) is 11.0. The van der Waals surface area contributed by atoms with Crippen molar-refractivity contribution >= 4 is 11.9 Å². The van der Waals surface area contributed by atoms with Crippen LogP contribution in [0.3, 0.4) is 0 Å². The van der Waals surface area contributed by atoms with Gasteiger partial charge in [0.2, 0.25) is 0 Å². The van der Waals surface area contributed by atoms with Crippen molar-refractivity contribution in [2.75, 3.05) is 13.1 Å². The normalized spacial score (nSPS) is 22.0. The van der Waals surface area contributed by atoms with Gasteiger partial charge in [-0.15, -0.1) is 0 Å². The maximum atomic E-state index is 11.7. The van der Waals surface area contributed by atoms with E-state index in [0.29, 0.717) is 32.4 Å². The molecule has 0 aromatic carbocycles. The maximum absolute atomic E-state index is 11.7. The number of amides is 1. The minimum Gasteiger partial charge on any atom is -0.465 e. The number of hydrogen-bond donors (Lipinski definition) is 3. The largest absolute Gasteiger partial charge is 0.465 e. The molecule has 0 aromatic rings. The predicted octanol–water partition coefficient (Wildman–Crippen LogP) is -0.626. The van der Waals surface area contributed by atoms with Gasteiger partial charge in [-0.3, -0.25) is 9.69 Å². The van der Waals surface area contributed by atoms with Crippen molar-refractivity contribution in [1.82, 2.24) is 4.90 Å². The number of ketones is 1. The Morgan fingerprint density at radius 3 is 2.60 bits per heavy atom. The zero-order chi connectivity index (χ0) is 11.4. The Morgan fingerprint density at radius 1 is 1.53 bits per heavy atom. The third-order valence-electron chi connectivity index (χ3n) is 2.68. The molecule has 1 amide bonds. The Labute approximate surface area is 88.2 Å². The third-order valence-corrected chi connectivity index (χ3v) is 2.68. The number of rotatable bonds is 5. The number of carbonyl (C=O) groups is 2. The fourth-order valence-corrected chi connectivity index (χ4v) is 1.64. The van der Waals surface area contributed by atoms with Crippen LogP contribution in [-0.2, 0) is 4.79 Å². The van der Waals surface area contributed by atoms with Gasteiger partial charge in [0, 0.05) is 6.54 Å². The van der Waals surface area contributed by atoms with E-state index in [9.17, 15) is 9.59 Å². The van der Waals surface area contributed by atoms with Crippen molar-refractivity contribution in [2.24, 2.45) is 11.5 Å². The molecule has 6 heteroatoms. The molecule has 0 radical (unpaired) electrons. The van der Waals surface area contributed by atoms with Gasteiger partial charge in [-0.05, 0) is 25.8 Å². The summed E-state index contributed by atoms with van der Waals surface area (Å²) in [4.78, 5) is 23.5. The second kappa shape index (κ2) is 5.09. The molecule has 15 heavy (non-hydrogen) atoms.